The van der Waals surface area contributed by atoms with Gasteiger partial charge in [-0.2, -0.15) is 0 Å². The van der Waals surface area contributed by atoms with Crippen LogP contribution in [0, 0.1) is 20.8 Å². The molecule has 4 rings (SSSR count). The summed E-state index contributed by atoms with van der Waals surface area (Å²) in [5, 5.41) is 0.548. The first kappa shape index (κ1) is 24.2. The van der Waals surface area contributed by atoms with Gasteiger partial charge in [0.2, 0.25) is 0 Å². The summed E-state index contributed by atoms with van der Waals surface area (Å²) in [6.45, 7) is 5.08. The molecule has 1 aromatic heterocycles. The van der Waals surface area contributed by atoms with E-state index in [0.717, 1.165) is 15.4 Å². The van der Waals surface area contributed by atoms with Crippen LogP contribution in [-0.4, -0.2) is 38.5 Å². The third-order valence-corrected chi connectivity index (χ3v) is 7.68. The molecule has 0 unspecified atom stereocenters. The van der Waals surface area contributed by atoms with Crippen LogP contribution < -0.4 is 4.31 Å². The number of para-hydroxylation sites is 1. The molecule has 1 heterocycles. The van der Waals surface area contributed by atoms with E-state index in [2.05, 4.69) is 0 Å². The van der Waals surface area contributed by atoms with E-state index >= 15 is 0 Å². The molecule has 0 radical (unpaired) electrons. The number of methoxy groups -OCH3 is 1. The van der Waals surface area contributed by atoms with Crippen molar-refractivity contribution in [2.75, 3.05) is 18.0 Å². The van der Waals surface area contributed by atoms with Gasteiger partial charge in [-0.05, 0) is 56.2 Å². The minimum absolute atomic E-state index is 0.0874. The number of nitrogens with zero attached hydrogens (tertiary/aromatic N) is 2. The molecule has 4 aromatic rings. The summed E-state index contributed by atoms with van der Waals surface area (Å²) in [4.78, 5) is 26.0. The maximum Gasteiger partial charge on any atom is 0.340 e. The van der Waals surface area contributed by atoms with Gasteiger partial charge in [0.25, 0.3) is 15.9 Å². The number of aryl methyl sites for hydroxylation is 3. The number of rotatable bonds is 6. The molecule has 0 saturated heterocycles. The third kappa shape index (κ3) is 4.57. The molecule has 7 nitrogen and oxygen atoms in total. The van der Waals surface area contributed by atoms with Crippen molar-refractivity contribution in [3.8, 4) is 0 Å². The SMILES string of the molecule is COC(=O)c1cn(C(=O)CN(c2cc(C)ccc2C)S(=O)(=O)c2ccc(C)cc2)c2ccccc12. The minimum atomic E-state index is -4.07. The molecule has 0 atom stereocenters. The van der Waals surface area contributed by atoms with Gasteiger partial charge < -0.3 is 4.74 Å². The molecule has 0 amide bonds. The average molecular weight is 491 g/mol. The highest BCUT2D eigenvalue weighted by Gasteiger charge is 2.30. The number of fused-ring (bicyclic) bond motifs is 1. The summed E-state index contributed by atoms with van der Waals surface area (Å²) in [5.41, 5.74) is 3.65. The van der Waals surface area contributed by atoms with E-state index in [1.54, 1.807) is 49.4 Å². The van der Waals surface area contributed by atoms with Crippen LogP contribution in [-0.2, 0) is 14.8 Å². The van der Waals surface area contributed by atoms with E-state index in [1.165, 1.54) is 30.0 Å². The fourth-order valence-corrected chi connectivity index (χ4v) is 5.45. The van der Waals surface area contributed by atoms with E-state index < -0.39 is 28.4 Å². The van der Waals surface area contributed by atoms with Crippen molar-refractivity contribution in [2.45, 2.75) is 25.7 Å². The van der Waals surface area contributed by atoms with Gasteiger partial charge >= 0.3 is 5.97 Å². The topological polar surface area (TPSA) is 85.7 Å². The highest BCUT2D eigenvalue weighted by Crippen LogP contribution is 2.29. The smallest absolute Gasteiger partial charge is 0.340 e. The Morgan fingerprint density at radius 1 is 0.914 bits per heavy atom. The molecule has 0 spiro atoms. The van der Waals surface area contributed by atoms with Crippen LogP contribution in [0.15, 0.2) is 77.8 Å². The largest absolute Gasteiger partial charge is 0.465 e. The first-order valence-corrected chi connectivity index (χ1v) is 12.5. The summed E-state index contributed by atoms with van der Waals surface area (Å²) in [6, 6.07) is 18.9. The van der Waals surface area contributed by atoms with Crippen LogP contribution in [0.1, 0.15) is 31.8 Å². The van der Waals surface area contributed by atoms with Crippen LogP contribution in [0.4, 0.5) is 5.69 Å². The predicted molar refractivity (Wildman–Crippen MR) is 136 cm³/mol. The normalized spacial score (nSPS) is 11.4. The summed E-state index contributed by atoms with van der Waals surface area (Å²) in [5.74, 6) is -1.08. The van der Waals surface area contributed by atoms with Crippen LogP contribution in [0.25, 0.3) is 10.9 Å². The Balaban J connectivity index is 1.84. The van der Waals surface area contributed by atoms with Crippen LogP contribution >= 0.6 is 0 Å². The van der Waals surface area contributed by atoms with Crippen molar-refractivity contribution in [1.29, 1.82) is 0 Å². The number of ether oxygens (including phenoxy) is 1. The zero-order chi connectivity index (χ0) is 25.3. The lowest BCUT2D eigenvalue weighted by atomic mass is 10.1. The highest BCUT2D eigenvalue weighted by molar-refractivity contribution is 7.92. The Morgan fingerprint density at radius 2 is 1.57 bits per heavy atom. The number of carbonyl (C=O) groups excluding carboxylic acids is 2. The number of benzene rings is 3. The molecule has 180 valence electrons. The maximum absolute atomic E-state index is 13.8. The van der Waals surface area contributed by atoms with Crippen molar-refractivity contribution < 1.29 is 22.7 Å². The number of sulfonamides is 1. The van der Waals surface area contributed by atoms with Crippen molar-refractivity contribution in [3.05, 3.63) is 95.2 Å². The lowest BCUT2D eigenvalue weighted by molar-refractivity contribution is 0.0603. The van der Waals surface area contributed by atoms with Gasteiger partial charge in [0, 0.05) is 11.6 Å². The lowest BCUT2D eigenvalue weighted by Gasteiger charge is -2.26. The van der Waals surface area contributed by atoms with E-state index in [1.807, 2.05) is 26.0 Å². The molecule has 8 heteroatoms. The number of esters is 1. The number of anilines is 1. The molecule has 35 heavy (non-hydrogen) atoms. The molecule has 0 aliphatic rings. The van der Waals surface area contributed by atoms with Crippen LogP contribution in [0.5, 0.6) is 0 Å². The summed E-state index contributed by atoms with van der Waals surface area (Å²) in [7, 11) is -2.80. The minimum Gasteiger partial charge on any atom is -0.465 e. The Bertz CT molecular complexity index is 1540. The Kier molecular flexibility index (Phi) is 6.49. The van der Waals surface area contributed by atoms with Gasteiger partial charge in [-0.15, -0.1) is 0 Å². The predicted octanol–water partition coefficient (Wildman–Crippen LogP) is 4.89. The number of aromatic nitrogens is 1. The summed E-state index contributed by atoms with van der Waals surface area (Å²) < 4.78 is 34.9. The zero-order valence-corrected chi connectivity index (χ0v) is 20.8. The van der Waals surface area contributed by atoms with Gasteiger partial charge in [-0.1, -0.05) is 48.0 Å². The van der Waals surface area contributed by atoms with Crippen molar-refractivity contribution in [2.24, 2.45) is 0 Å². The highest BCUT2D eigenvalue weighted by atomic mass is 32.2. The second kappa shape index (κ2) is 9.38. The Hall–Kier alpha value is -3.91. The third-order valence-electron chi connectivity index (χ3n) is 5.91. The average Bonchev–Trinajstić information content (AvgIpc) is 3.23. The first-order chi connectivity index (χ1) is 16.6. The van der Waals surface area contributed by atoms with Crippen LogP contribution in [0.2, 0.25) is 0 Å². The van der Waals surface area contributed by atoms with E-state index in [4.69, 9.17) is 4.74 Å². The zero-order valence-electron chi connectivity index (χ0n) is 20.0. The Labute approximate surface area is 204 Å². The number of hydrogen-bond acceptors (Lipinski definition) is 5. The molecule has 0 aliphatic carbocycles. The van der Waals surface area contributed by atoms with E-state index in [-0.39, 0.29) is 10.5 Å². The quantitative estimate of drug-likeness (QED) is 0.359. The molecule has 0 fully saturated rings. The lowest BCUT2D eigenvalue weighted by Crippen LogP contribution is -2.38. The van der Waals surface area contributed by atoms with Crippen molar-refractivity contribution >= 4 is 38.5 Å². The second-order valence-corrected chi connectivity index (χ2v) is 10.3. The molecule has 0 bridgehead atoms. The van der Waals surface area contributed by atoms with Gasteiger partial charge in [-0.3, -0.25) is 13.7 Å². The van der Waals surface area contributed by atoms with E-state index in [0.29, 0.717) is 22.2 Å². The molecular formula is C27H26N2O5S. The van der Waals surface area contributed by atoms with E-state index in [9.17, 15) is 18.0 Å². The monoisotopic (exact) mass is 490 g/mol. The molecule has 0 aliphatic heterocycles. The summed E-state index contributed by atoms with van der Waals surface area (Å²) in [6.07, 6.45) is 1.40. The van der Waals surface area contributed by atoms with Gasteiger partial charge in [0.1, 0.15) is 6.54 Å². The molecule has 0 saturated carbocycles. The number of carbonyl (C=O) groups is 2. The van der Waals surface area contributed by atoms with Gasteiger partial charge in [0.15, 0.2) is 0 Å². The first-order valence-electron chi connectivity index (χ1n) is 11.0. The van der Waals surface area contributed by atoms with Crippen LogP contribution in [0.3, 0.4) is 0 Å². The second-order valence-electron chi connectivity index (χ2n) is 8.43. The summed E-state index contributed by atoms with van der Waals surface area (Å²) >= 11 is 0. The van der Waals surface area contributed by atoms with Crippen molar-refractivity contribution in [1.82, 2.24) is 4.57 Å². The molecule has 0 N–H and O–H groups in total. The van der Waals surface area contributed by atoms with Gasteiger partial charge in [-0.25, -0.2) is 13.2 Å². The van der Waals surface area contributed by atoms with Crippen molar-refractivity contribution in [3.63, 3.8) is 0 Å². The molecular weight excluding hydrogens is 464 g/mol. The van der Waals surface area contributed by atoms with Gasteiger partial charge in [0.05, 0.1) is 28.8 Å². The fraction of sp³-hybridized carbons (Fsp3) is 0.185. The molecule has 3 aromatic carbocycles. The maximum atomic E-state index is 13.8. The Morgan fingerprint density at radius 3 is 2.26 bits per heavy atom. The standard InChI is InChI=1S/C27H26N2O5S/c1-18-10-13-21(14-11-18)35(32,33)29(25-15-19(2)9-12-20(25)3)17-26(30)28-16-23(27(31)34-4)22-7-5-6-8-24(22)28/h5-16H,17H2,1-4H3. The number of hydrogen-bond donors (Lipinski definition) is 0. The fourth-order valence-electron chi connectivity index (χ4n) is 3.98.